The van der Waals surface area contributed by atoms with Gasteiger partial charge in [-0.1, -0.05) is 13.8 Å². The van der Waals surface area contributed by atoms with Crippen LogP contribution in [-0.2, 0) is 4.74 Å². The third kappa shape index (κ3) is 4.18. The smallest absolute Gasteiger partial charge is 0.256 e. The molecule has 0 spiro atoms. The van der Waals surface area contributed by atoms with E-state index in [0.717, 1.165) is 43.7 Å². The van der Waals surface area contributed by atoms with Crippen molar-refractivity contribution in [2.75, 3.05) is 6.61 Å². The average Bonchev–Trinajstić information content (AvgIpc) is 2.98. The maximum Gasteiger partial charge on any atom is 0.256 e. The Hall–Kier alpha value is -1.95. The summed E-state index contributed by atoms with van der Waals surface area (Å²) in [5.41, 5.74) is 3.04. The van der Waals surface area contributed by atoms with Crippen LogP contribution < -0.4 is 5.32 Å². The highest BCUT2D eigenvalue weighted by atomic mass is 16.5. The first-order valence-electron chi connectivity index (χ1n) is 9.18. The van der Waals surface area contributed by atoms with Crippen molar-refractivity contribution in [2.45, 2.75) is 65.5 Å². The van der Waals surface area contributed by atoms with Gasteiger partial charge in [0, 0.05) is 24.0 Å². The van der Waals surface area contributed by atoms with E-state index in [1.165, 1.54) is 0 Å². The van der Waals surface area contributed by atoms with E-state index in [4.69, 9.17) is 4.74 Å². The fourth-order valence-corrected chi connectivity index (χ4v) is 3.40. The van der Waals surface area contributed by atoms with Gasteiger partial charge < -0.3 is 10.1 Å². The Morgan fingerprint density at radius 1 is 1.32 bits per heavy atom. The molecule has 6 heteroatoms. The van der Waals surface area contributed by atoms with E-state index >= 15 is 0 Å². The topological polar surface area (TPSA) is 68.5 Å². The number of ether oxygens (including phenoxy) is 1. The normalized spacial score (nSPS) is 21.0. The lowest BCUT2D eigenvalue weighted by atomic mass is 9.92. The van der Waals surface area contributed by atoms with E-state index in [9.17, 15) is 4.79 Å². The summed E-state index contributed by atoms with van der Waals surface area (Å²) in [4.78, 5) is 17.2. The van der Waals surface area contributed by atoms with Crippen LogP contribution in [0.3, 0.4) is 0 Å². The number of amides is 1. The van der Waals surface area contributed by atoms with Crippen LogP contribution >= 0.6 is 0 Å². The minimum atomic E-state index is -0.0842. The Morgan fingerprint density at radius 2 is 2.04 bits per heavy atom. The molecule has 2 aromatic heterocycles. The van der Waals surface area contributed by atoms with Crippen LogP contribution in [-0.4, -0.2) is 39.3 Å². The molecule has 1 aliphatic rings. The molecule has 1 N–H and O–H groups in total. The summed E-state index contributed by atoms with van der Waals surface area (Å²) in [6.45, 7) is 9.04. The lowest BCUT2D eigenvalue weighted by Crippen LogP contribution is -2.39. The summed E-state index contributed by atoms with van der Waals surface area (Å²) in [5.74, 6) is 0.478. The second-order valence-corrected chi connectivity index (χ2v) is 7.51. The van der Waals surface area contributed by atoms with Gasteiger partial charge in [0.2, 0.25) is 0 Å². The van der Waals surface area contributed by atoms with Crippen LogP contribution in [0.2, 0.25) is 0 Å². The van der Waals surface area contributed by atoms with E-state index < -0.39 is 0 Å². The average molecular weight is 344 g/mol. The molecule has 1 amide bonds. The lowest BCUT2D eigenvalue weighted by Gasteiger charge is -2.29. The Labute approximate surface area is 149 Å². The molecule has 0 saturated heterocycles. The van der Waals surface area contributed by atoms with Crippen LogP contribution in [0.5, 0.6) is 0 Å². The van der Waals surface area contributed by atoms with E-state index in [-0.39, 0.29) is 11.9 Å². The molecule has 0 aromatic carbocycles. The molecule has 0 atom stereocenters. The van der Waals surface area contributed by atoms with Gasteiger partial charge in [0.25, 0.3) is 5.91 Å². The molecule has 1 aliphatic carbocycles. The molecule has 1 saturated carbocycles. The molecule has 0 radical (unpaired) electrons. The van der Waals surface area contributed by atoms with Gasteiger partial charge in [0.05, 0.1) is 12.3 Å². The molecule has 0 unspecified atom stereocenters. The van der Waals surface area contributed by atoms with Crippen molar-refractivity contribution in [3.05, 3.63) is 29.2 Å². The van der Waals surface area contributed by atoms with Crippen molar-refractivity contribution in [3.63, 3.8) is 0 Å². The Morgan fingerprint density at radius 3 is 2.72 bits per heavy atom. The van der Waals surface area contributed by atoms with Gasteiger partial charge in [-0.3, -0.25) is 4.79 Å². The number of fused-ring (bicyclic) bond motifs is 1. The quantitative estimate of drug-likeness (QED) is 0.905. The lowest BCUT2D eigenvalue weighted by molar-refractivity contribution is 0.00860. The highest BCUT2D eigenvalue weighted by molar-refractivity contribution is 5.99. The zero-order valence-corrected chi connectivity index (χ0v) is 15.6. The van der Waals surface area contributed by atoms with E-state index in [0.29, 0.717) is 23.2 Å². The van der Waals surface area contributed by atoms with Crippen molar-refractivity contribution in [3.8, 4) is 0 Å². The van der Waals surface area contributed by atoms with E-state index in [1.807, 2.05) is 19.9 Å². The van der Waals surface area contributed by atoms with Crippen LogP contribution in [0.15, 0.2) is 12.3 Å². The summed E-state index contributed by atoms with van der Waals surface area (Å²) < 4.78 is 7.64. The maximum absolute atomic E-state index is 12.7. The minimum Gasteiger partial charge on any atom is -0.378 e. The molecule has 6 nitrogen and oxygen atoms in total. The fourth-order valence-electron chi connectivity index (χ4n) is 3.40. The summed E-state index contributed by atoms with van der Waals surface area (Å²) in [7, 11) is 0. The summed E-state index contributed by atoms with van der Waals surface area (Å²) >= 11 is 0. The monoisotopic (exact) mass is 344 g/mol. The van der Waals surface area contributed by atoms with E-state index in [1.54, 1.807) is 10.7 Å². The molecule has 2 aromatic rings. The molecule has 0 bridgehead atoms. The second-order valence-electron chi connectivity index (χ2n) is 7.51. The van der Waals surface area contributed by atoms with Crippen molar-refractivity contribution in [1.82, 2.24) is 19.9 Å². The first-order chi connectivity index (χ1) is 11.9. The first kappa shape index (κ1) is 17.9. The largest absolute Gasteiger partial charge is 0.378 e. The zero-order valence-electron chi connectivity index (χ0n) is 15.6. The van der Waals surface area contributed by atoms with Crippen LogP contribution in [0, 0.1) is 19.8 Å². The third-order valence-electron chi connectivity index (χ3n) is 4.70. The standard InChI is InChI=1S/C19H28N4O2/c1-12(2)11-25-16-7-5-15(6-8-16)22-19(24)17-10-20-23-14(4)9-13(3)21-18(17)23/h9-10,12,15-16H,5-8,11H2,1-4H3,(H,22,24)/t15-,16-. The summed E-state index contributed by atoms with van der Waals surface area (Å²) in [6, 6.07) is 2.16. The maximum atomic E-state index is 12.7. The SMILES string of the molecule is Cc1cc(C)n2ncc(C(=O)N[C@H]3CC[C@H](OCC(C)C)CC3)c2n1. The Kier molecular flexibility index (Phi) is 5.37. The first-order valence-corrected chi connectivity index (χ1v) is 9.18. The number of aryl methyl sites for hydroxylation is 2. The highest BCUT2D eigenvalue weighted by Crippen LogP contribution is 2.22. The third-order valence-corrected chi connectivity index (χ3v) is 4.70. The number of rotatable bonds is 5. The number of nitrogens with zero attached hydrogens (tertiary/aromatic N) is 3. The molecule has 136 valence electrons. The number of hydrogen-bond donors (Lipinski definition) is 1. The molecular formula is C19H28N4O2. The Balaban J connectivity index is 1.60. The molecule has 2 heterocycles. The zero-order chi connectivity index (χ0) is 18.0. The van der Waals surface area contributed by atoms with Crippen molar-refractivity contribution in [1.29, 1.82) is 0 Å². The van der Waals surface area contributed by atoms with Gasteiger partial charge in [-0.05, 0) is 51.5 Å². The number of carbonyl (C=O) groups excluding carboxylic acids is 1. The van der Waals surface area contributed by atoms with Gasteiger partial charge in [-0.25, -0.2) is 9.50 Å². The fraction of sp³-hybridized carbons (Fsp3) is 0.632. The highest BCUT2D eigenvalue weighted by Gasteiger charge is 2.25. The van der Waals surface area contributed by atoms with Gasteiger partial charge in [0.15, 0.2) is 5.65 Å². The second kappa shape index (κ2) is 7.52. The van der Waals surface area contributed by atoms with Gasteiger partial charge >= 0.3 is 0 Å². The van der Waals surface area contributed by atoms with Crippen LogP contribution in [0.4, 0.5) is 0 Å². The predicted molar refractivity (Wildman–Crippen MR) is 96.8 cm³/mol. The number of carbonyl (C=O) groups is 1. The minimum absolute atomic E-state index is 0.0842. The van der Waals surface area contributed by atoms with Crippen molar-refractivity contribution < 1.29 is 9.53 Å². The Bertz CT molecular complexity index is 745. The molecular weight excluding hydrogens is 316 g/mol. The molecule has 0 aliphatic heterocycles. The number of aromatic nitrogens is 3. The summed E-state index contributed by atoms with van der Waals surface area (Å²) in [6.07, 6.45) is 5.87. The molecule has 1 fully saturated rings. The van der Waals surface area contributed by atoms with Crippen molar-refractivity contribution >= 4 is 11.6 Å². The van der Waals surface area contributed by atoms with Gasteiger partial charge in [0.1, 0.15) is 5.56 Å². The van der Waals surface area contributed by atoms with Gasteiger partial charge in [-0.15, -0.1) is 0 Å². The summed E-state index contributed by atoms with van der Waals surface area (Å²) in [5, 5.41) is 7.45. The van der Waals surface area contributed by atoms with Gasteiger partial charge in [-0.2, -0.15) is 5.10 Å². The predicted octanol–water partition coefficient (Wildman–Crippen LogP) is 3.06. The number of hydrogen-bond acceptors (Lipinski definition) is 4. The van der Waals surface area contributed by atoms with Crippen LogP contribution in [0.1, 0.15) is 61.3 Å². The van der Waals surface area contributed by atoms with Crippen molar-refractivity contribution in [2.24, 2.45) is 5.92 Å². The molecule has 3 rings (SSSR count). The molecule has 25 heavy (non-hydrogen) atoms. The van der Waals surface area contributed by atoms with Crippen LogP contribution in [0.25, 0.3) is 5.65 Å². The number of nitrogens with one attached hydrogen (secondary N) is 1. The van der Waals surface area contributed by atoms with E-state index in [2.05, 4.69) is 29.2 Å².